The second kappa shape index (κ2) is 9.95. The molecule has 0 N–H and O–H groups in total. The van der Waals surface area contributed by atoms with Gasteiger partial charge in [0.1, 0.15) is 0 Å². The minimum Gasteiger partial charge on any atom is -0.446 e. The summed E-state index contributed by atoms with van der Waals surface area (Å²) in [5, 5.41) is 23.6. The van der Waals surface area contributed by atoms with Crippen molar-refractivity contribution in [1.82, 2.24) is 25.4 Å². The summed E-state index contributed by atoms with van der Waals surface area (Å²) in [7, 11) is 1.87. The minimum absolute atomic E-state index is 0.356. The van der Waals surface area contributed by atoms with Crippen LogP contribution in [0.5, 0.6) is 0 Å². The molecule has 0 saturated heterocycles. The maximum absolute atomic E-state index is 6.32. The fourth-order valence-corrected chi connectivity index (χ4v) is 4.51. The molecule has 1 aliphatic rings. The van der Waals surface area contributed by atoms with E-state index in [9.17, 15) is 0 Å². The summed E-state index contributed by atoms with van der Waals surface area (Å²) in [6, 6.07) is 34.8. The summed E-state index contributed by atoms with van der Waals surface area (Å²) in [4.78, 5) is 0. The van der Waals surface area contributed by atoms with Gasteiger partial charge in [0.2, 0.25) is 35.7 Å². The van der Waals surface area contributed by atoms with Gasteiger partial charge < -0.3 is 13.6 Å². The fourth-order valence-electron chi connectivity index (χ4n) is 4.51. The third-order valence-electron chi connectivity index (χ3n) is 6.46. The Morgan fingerprint density at radius 1 is 0.525 bits per heavy atom. The number of nitrogens with zero attached hydrogens (tertiary/aromatic N) is 6. The Labute approximate surface area is 229 Å². The Kier molecular flexibility index (Phi) is 5.86. The van der Waals surface area contributed by atoms with Crippen molar-refractivity contribution in [2.45, 2.75) is 6.23 Å². The molecule has 0 amide bonds. The summed E-state index contributed by atoms with van der Waals surface area (Å²) >= 11 is 0. The SMILES string of the molecule is CN1N=C(c2ccccc2)OC1c1cc(-c2nnc(-c3ccccc3)o2)cc(-c2nnc(-c3ccccc3)o2)c1. The lowest BCUT2D eigenvalue weighted by Gasteiger charge is -2.19. The molecule has 0 saturated carbocycles. The van der Waals surface area contributed by atoms with E-state index in [4.69, 9.17) is 13.6 Å². The van der Waals surface area contributed by atoms with Crippen molar-refractivity contribution >= 4 is 5.90 Å². The van der Waals surface area contributed by atoms with Crippen LogP contribution in [-0.2, 0) is 4.74 Å². The van der Waals surface area contributed by atoms with E-state index in [-0.39, 0.29) is 0 Å². The van der Waals surface area contributed by atoms with Crippen LogP contribution in [0.25, 0.3) is 45.8 Å². The van der Waals surface area contributed by atoms with E-state index >= 15 is 0 Å². The van der Waals surface area contributed by atoms with Crippen molar-refractivity contribution < 1.29 is 13.6 Å². The number of hydrazone groups is 1. The van der Waals surface area contributed by atoms with Gasteiger partial charge in [-0.1, -0.05) is 54.6 Å². The molecule has 6 aromatic rings. The predicted octanol–water partition coefficient (Wildman–Crippen LogP) is 6.44. The molecule has 1 aliphatic heterocycles. The number of hydrogen-bond acceptors (Lipinski definition) is 9. The standard InChI is InChI=1S/C31H22N6O3/c1-37-31(40-30(36-37)22-15-9-4-10-16-22)25-18-23(28-34-32-26(38-28)20-11-5-2-6-12-20)17-24(19-25)29-35-33-27(39-29)21-13-7-3-8-14-21/h2-19,31H,1H3. The number of benzene rings is 4. The zero-order valence-electron chi connectivity index (χ0n) is 21.4. The summed E-state index contributed by atoms with van der Waals surface area (Å²) in [5.41, 5.74) is 4.74. The second-order valence-electron chi connectivity index (χ2n) is 9.22. The van der Waals surface area contributed by atoms with Crippen LogP contribution >= 0.6 is 0 Å². The van der Waals surface area contributed by atoms with E-state index < -0.39 is 6.23 Å². The van der Waals surface area contributed by atoms with Gasteiger partial charge in [-0.2, -0.15) is 0 Å². The molecule has 0 spiro atoms. The smallest absolute Gasteiger partial charge is 0.248 e. The van der Waals surface area contributed by atoms with Crippen LogP contribution in [0.2, 0.25) is 0 Å². The summed E-state index contributed by atoms with van der Waals surface area (Å²) < 4.78 is 18.5. The number of rotatable bonds is 6. The van der Waals surface area contributed by atoms with Gasteiger partial charge in [-0.15, -0.1) is 25.5 Å². The maximum Gasteiger partial charge on any atom is 0.248 e. The first kappa shape index (κ1) is 23.5. The Balaban J connectivity index is 1.29. The largest absolute Gasteiger partial charge is 0.446 e. The van der Waals surface area contributed by atoms with Crippen molar-refractivity contribution in [3.05, 3.63) is 120 Å². The molecule has 0 radical (unpaired) electrons. The normalized spacial score (nSPS) is 14.7. The molecule has 40 heavy (non-hydrogen) atoms. The lowest BCUT2D eigenvalue weighted by molar-refractivity contribution is 0.0780. The van der Waals surface area contributed by atoms with Gasteiger partial charge >= 0.3 is 0 Å². The third kappa shape index (κ3) is 4.49. The Hall–Kier alpha value is -5.57. The average Bonchev–Trinajstić information content (AvgIpc) is 3.79. The molecule has 1 atom stereocenters. The third-order valence-corrected chi connectivity index (χ3v) is 6.46. The molecule has 4 aromatic carbocycles. The van der Waals surface area contributed by atoms with Crippen LogP contribution in [0.1, 0.15) is 17.4 Å². The van der Waals surface area contributed by atoms with E-state index in [1.54, 1.807) is 5.01 Å². The summed E-state index contributed by atoms with van der Waals surface area (Å²) in [6.45, 7) is 0. The second-order valence-corrected chi connectivity index (χ2v) is 9.22. The predicted molar refractivity (Wildman–Crippen MR) is 148 cm³/mol. The first-order valence-electron chi connectivity index (χ1n) is 12.7. The highest BCUT2D eigenvalue weighted by molar-refractivity contribution is 5.94. The number of ether oxygens (including phenoxy) is 1. The van der Waals surface area contributed by atoms with Gasteiger partial charge in [-0.3, -0.25) is 5.01 Å². The molecule has 9 heteroatoms. The van der Waals surface area contributed by atoms with E-state index in [2.05, 4.69) is 25.5 Å². The molecule has 2 aromatic heterocycles. The van der Waals surface area contributed by atoms with Gasteiger partial charge in [0.15, 0.2) is 0 Å². The highest BCUT2D eigenvalue weighted by atomic mass is 16.5. The van der Waals surface area contributed by atoms with Gasteiger partial charge in [0.25, 0.3) is 0 Å². The molecule has 0 aliphatic carbocycles. The van der Waals surface area contributed by atoms with E-state index in [1.165, 1.54) is 0 Å². The Morgan fingerprint density at radius 3 is 1.43 bits per heavy atom. The van der Waals surface area contributed by atoms with Crippen LogP contribution < -0.4 is 0 Å². The van der Waals surface area contributed by atoms with Gasteiger partial charge in [0, 0.05) is 40.4 Å². The topological polar surface area (TPSA) is 103 Å². The van der Waals surface area contributed by atoms with Crippen molar-refractivity contribution in [3.63, 3.8) is 0 Å². The first-order valence-corrected chi connectivity index (χ1v) is 12.7. The fraction of sp³-hybridized carbons (Fsp3) is 0.0645. The molecule has 0 bridgehead atoms. The molecule has 194 valence electrons. The zero-order chi connectivity index (χ0) is 26.9. The Morgan fingerprint density at radius 2 is 0.950 bits per heavy atom. The lowest BCUT2D eigenvalue weighted by Crippen LogP contribution is -2.16. The van der Waals surface area contributed by atoms with Crippen LogP contribution in [0.4, 0.5) is 0 Å². The molecular weight excluding hydrogens is 504 g/mol. The van der Waals surface area contributed by atoms with Crippen LogP contribution in [0, 0.1) is 0 Å². The van der Waals surface area contributed by atoms with Gasteiger partial charge in [-0.05, 0) is 54.6 Å². The van der Waals surface area contributed by atoms with Crippen molar-refractivity contribution in [2.24, 2.45) is 5.10 Å². The molecule has 9 nitrogen and oxygen atoms in total. The van der Waals surface area contributed by atoms with Gasteiger partial charge in [-0.25, -0.2) is 0 Å². The monoisotopic (exact) mass is 526 g/mol. The number of aromatic nitrogens is 4. The van der Waals surface area contributed by atoms with E-state index in [0.717, 1.165) is 22.3 Å². The first-order chi connectivity index (χ1) is 19.7. The number of hydrogen-bond donors (Lipinski definition) is 0. The van der Waals surface area contributed by atoms with Crippen LogP contribution in [0.15, 0.2) is 123 Å². The average molecular weight is 527 g/mol. The maximum atomic E-state index is 6.32. The van der Waals surface area contributed by atoms with E-state index in [0.29, 0.717) is 40.6 Å². The molecular formula is C31H22N6O3. The molecule has 7 rings (SSSR count). The summed E-state index contributed by atoms with van der Waals surface area (Å²) in [6.07, 6.45) is -0.498. The molecule has 0 fully saturated rings. The van der Waals surface area contributed by atoms with Crippen molar-refractivity contribution in [2.75, 3.05) is 7.05 Å². The molecule has 3 heterocycles. The van der Waals surface area contributed by atoms with Crippen molar-refractivity contribution in [1.29, 1.82) is 0 Å². The van der Waals surface area contributed by atoms with Crippen molar-refractivity contribution in [3.8, 4) is 45.8 Å². The highest BCUT2D eigenvalue weighted by Crippen LogP contribution is 2.36. The van der Waals surface area contributed by atoms with Crippen LogP contribution in [-0.4, -0.2) is 38.3 Å². The van der Waals surface area contributed by atoms with Crippen LogP contribution in [0.3, 0.4) is 0 Å². The van der Waals surface area contributed by atoms with Gasteiger partial charge in [0.05, 0.1) is 0 Å². The lowest BCUT2D eigenvalue weighted by atomic mass is 10.0. The minimum atomic E-state index is -0.498. The summed E-state index contributed by atoms with van der Waals surface area (Å²) in [5.74, 6) is 2.10. The highest BCUT2D eigenvalue weighted by Gasteiger charge is 2.29. The van der Waals surface area contributed by atoms with E-state index in [1.807, 2.05) is 116 Å². The molecule has 1 unspecified atom stereocenters. The quantitative estimate of drug-likeness (QED) is 0.244. The zero-order valence-corrected chi connectivity index (χ0v) is 21.4. The Bertz CT molecular complexity index is 1700.